The van der Waals surface area contributed by atoms with Crippen molar-refractivity contribution in [3.8, 4) is 0 Å². The Bertz CT molecular complexity index is 764. The molecule has 1 atom stereocenters. The van der Waals surface area contributed by atoms with Crippen molar-refractivity contribution in [2.24, 2.45) is 4.99 Å². The molecule has 0 aliphatic rings. The van der Waals surface area contributed by atoms with Crippen molar-refractivity contribution >= 4 is 41.6 Å². The molecule has 0 heterocycles. The number of thioether (sulfide) groups is 1. The van der Waals surface area contributed by atoms with Crippen LogP contribution in [0.15, 0.2) is 40.9 Å². The van der Waals surface area contributed by atoms with Crippen LogP contribution < -0.4 is 5.32 Å². The fraction of sp³-hybridized carbons (Fsp3) is 0.429. The van der Waals surface area contributed by atoms with Gasteiger partial charge in [0.25, 0.3) is 0 Å². The van der Waals surface area contributed by atoms with Crippen molar-refractivity contribution in [2.45, 2.75) is 26.3 Å². The highest BCUT2D eigenvalue weighted by molar-refractivity contribution is 7.98. The molecule has 0 aliphatic heterocycles. The zero-order valence-electron chi connectivity index (χ0n) is 17.4. The molecule has 2 N–H and O–H groups in total. The smallest absolute Gasteiger partial charge is 0.343 e. The van der Waals surface area contributed by atoms with E-state index in [-0.39, 0.29) is 31.1 Å². The van der Waals surface area contributed by atoms with Crippen LogP contribution in [0.1, 0.15) is 25.8 Å². The Morgan fingerprint density at radius 3 is 2.43 bits per heavy atom. The van der Waals surface area contributed by atoms with Gasteiger partial charge in [0, 0.05) is 11.8 Å². The Morgan fingerprint density at radius 2 is 1.83 bits per heavy atom. The molecule has 0 saturated heterocycles. The molecule has 1 aromatic rings. The summed E-state index contributed by atoms with van der Waals surface area (Å²) in [5.74, 6) is -1.44. The third-order valence-electron chi connectivity index (χ3n) is 3.79. The van der Waals surface area contributed by atoms with Crippen LogP contribution in [-0.4, -0.2) is 67.0 Å². The molecule has 0 spiro atoms. The first-order chi connectivity index (χ1) is 14.4. The quantitative estimate of drug-likeness (QED) is 0.224. The lowest BCUT2D eigenvalue weighted by molar-refractivity contribution is -0.143. The fourth-order valence-corrected chi connectivity index (χ4v) is 2.79. The van der Waals surface area contributed by atoms with E-state index >= 15 is 0 Å². The predicted molar refractivity (Wildman–Crippen MR) is 118 cm³/mol. The lowest BCUT2D eigenvalue weighted by atomic mass is 10.1. The number of hydrogen-bond acceptors (Lipinski definition) is 8. The molecule has 0 aliphatic carbocycles. The van der Waals surface area contributed by atoms with Gasteiger partial charge in [-0.05, 0) is 32.3 Å². The summed E-state index contributed by atoms with van der Waals surface area (Å²) in [5.41, 5.74) is 0.259. The van der Waals surface area contributed by atoms with Gasteiger partial charge in [0.15, 0.2) is 0 Å². The normalized spacial score (nSPS) is 12.8. The number of nitrogens with zero attached hydrogens (tertiary/aromatic N) is 1. The Kier molecular flexibility index (Phi) is 12.0. The molecular weight excluding hydrogens is 408 g/mol. The van der Waals surface area contributed by atoms with Gasteiger partial charge >= 0.3 is 11.9 Å². The summed E-state index contributed by atoms with van der Waals surface area (Å²) >= 11 is 1.53. The Labute approximate surface area is 180 Å². The number of aliphatic hydroxyl groups excluding tert-OH is 1. The van der Waals surface area contributed by atoms with Gasteiger partial charge in [0.05, 0.1) is 13.2 Å². The molecule has 1 aromatic carbocycles. The van der Waals surface area contributed by atoms with Gasteiger partial charge in [-0.15, -0.1) is 0 Å². The first-order valence-electron chi connectivity index (χ1n) is 9.55. The van der Waals surface area contributed by atoms with Crippen LogP contribution in [-0.2, 0) is 23.9 Å². The van der Waals surface area contributed by atoms with E-state index < -0.39 is 23.9 Å². The molecule has 1 unspecified atom stereocenters. The van der Waals surface area contributed by atoms with E-state index in [0.29, 0.717) is 17.7 Å². The number of aliphatic imine (C=N–C) groups is 1. The molecule has 9 heteroatoms. The van der Waals surface area contributed by atoms with Crippen LogP contribution in [0.3, 0.4) is 0 Å². The summed E-state index contributed by atoms with van der Waals surface area (Å²) in [4.78, 5) is 40.5. The number of amides is 1. The summed E-state index contributed by atoms with van der Waals surface area (Å²) in [6.07, 6.45) is 3.42. The second kappa shape index (κ2) is 14.2. The van der Waals surface area contributed by atoms with Crippen molar-refractivity contribution in [3.63, 3.8) is 0 Å². The number of carbonyl (C=O) groups is 3. The van der Waals surface area contributed by atoms with Gasteiger partial charge in [-0.3, -0.25) is 14.6 Å². The van der Waals surface area contributed by atoms with E-state index in [1.54, 1.807) is 44.2 Å². The van der Waals surface area contributed by atoms with E-state index in [2.05, 4.69) is 10.3 Å². The van der Waals surface area contributed by atoms with Crippen LogP contribution >= 0.6 is 11.8 Å². The molecule has 8 nitrogen and oxygen atoms in total. The average molecular weight is 437 g/mol. The van der Waals surface area contributed by atoms with Gasteiger partial charge in [0.2, 0.25) is 5.91 Å². The van der Waals surface area contributed by atoms with Crippen molar-refractivity contribution in [1.82, 2.24) is 5.32 Å². The number of esters is 2. The zero-order valence-corrected chi connectivity index (χ0v) is 18.2. The maximum Gasteiger partial charge on any atom is 0.343 e. The number of carbonyl (C=O) groups excluding carboxylic acids is 3. The van der Waals surface area contributed by atoms with Gasteiger partial charge < -0.3 is 19.9 Å². The molecule has 0 aromatic heterocycles. The van der Waals surface area contributed by atoms with Gasteiger partial charge in [-0.25, -0.2) is 4.79 Å². The Balaban J connectivity index is 3.10. The highest BCUT2D eigenvalue weighted by Crippen LogP contribution is 2.16. The summed E-state index contributed by atoms with van der Waals surface area (Å²) < 4.78 is 9.80. The minimum absolute atomic E-state index is 0.119. The van der Waals surface area contributed by atoms with Crippen LogP contribution in [0, 0.1) is 0 Å². The molecule has 0 saturated carbocycles. The molecule has 1 rings (SSSR count). The summed E-state index contributed by atoms with van der Waals surface area (Å²) in [6.45, 7) is 3.39. The number of benzene rings is 1. The lowest BCUT2D eigenvalue weighted by Crippen LogP contribution is -2.38. The Morgan fingerprint density at radius 1 is 1.17 bits per heavy atom. The third kappa shape index (κ3) is 8.69. The first-order valence-corrected chi connectivity index (χ1v) is 10.9. The minimum atomic E-state index is -0.847. The maximum atomic E-state index is 12.5. The number of aliphatic hydroxyl groups is 1. The standard InChI is InChI=1S/C21H28N2O6S/c1-4-28-18(24)14-23-20(26)17(11-12-30-3)22-13-16(21(27)29-5-2)19(25)15-9-7-6-8-10-15/h6-10,13,17,25H,4-5,11-12,14H2,1-3H3,(H,23,26)/b19-16+,22-13?. The van der Waals surface area contributed by atoms with Crippen molar-refractivity contribution in [2.75, 3.05) is 31.8 Å². The topological polar surface area (TPSA) is 114 Å². The predicted octanol–water partition coefficient (Wildman–Crippen LogP) is 2.39. The molecule has 0 radical (unpaired) electrons. The molecule has 30 heavy (non-hydrogen) atoms. The summed E-state index contributed by atoms with van der Waals surface area (Å²) in [6, 6.07) is 7.64. The largest absolute Gasteiger partial charge is 0.506 e. The van der Waals surface area contributed by atoms with Gasteiger partial charge in [0.1, 0.15) is 23.9 Å². The van der Waals surface area contributed by atoms with E-state index in [4.69, 9.17) is 9.47 Å². The number of rotatable bonds is 12. The third-order valence-corrected chi connectivity index (χ3v) is 4.44. The number of hydrogen-bond donors (Lipinski definition) is 2. The van der Waals surface area contributed by atoms with Crippen LogP contribution in [0.2, 0.25) is 0 Å². The van der Waals surface area contributed by atoms with Crippen LogP contribution in [0.5, 0.6) is 0 Å². The fourth-order valence-electron chi connectivity index (χ4n) is 2.33. The zero-order chi connectivity index (χ0) is 22.4. The molecule has 1 amide bonds. The van der Waals surface area contributed by atoms with Crippen LogP contribution in [0.25, 0.3) is 5.76 Å². The van der Waals surface area contributed by atoms with E-state index in [1.807, 2.05) is 6.26 Å². The molecular formula is C21H28N2O6S. The molecule has 0 bridgehead atoms. The summed E-state index contributed by atoms with van der Waals surface area (Å²) in [7, 11) is 0. The number of nitrogens with one attached hydrogen (secondary N) is 1. The second-order valence-electron chi connectivity index (χ2n) is 5.95. The minimum Gasteiger partial charge on any atom is -0.506 e. The monoisotopic (exact) mass is 436 g/mol. The molecule has 0 fully saturated rings. The van der Waals surface area contributed by atoms with Crippen molar-refractivity contribution < 1.29 is 29.0 Å². The molecule has 164 valence electrons. The van der Waals surface area contributed by atoms with Gasteiger partial charge in [-0.2, -0.15) is 11.8 Å². The SMILES string of the molecule is CCOC(=O)CNC(=O)C(CCSC)N=C/C(C(=O)OCC)=C(\O)c1ccccc1. The van der Waals surface area contributed by atoms with E-state index in [1.165, 1.54) is 11.8 Å². The summed E-state index contributed by atoms with van der Waals surface area (Å²) in [5, 5.41) is 13.0. The van der Waals surface area contributed by atoms with Crippen molar-refractivity contribution in [1.29, 1.82) is 0 Å². The van der Waals surface area contributed by atoms with E-state index in [9.17, 15) is 19.5 Å². The highest BCUT2D eigenvalue weighted by atomic mass is 32.2. The maximum absolute atomic E-state index is 12.5. The Hall–Kier alpha value is -2.81. The second-order valence-corrected chi connectivity index (χ2v) is 6.93. The van der Waals surface area contributed by atoms with Crippen molar-refractivity contribution in [3.05, 3.63) is 41.5 Å². The number of ether oxygens (including phenoxy) is 2. The lowest BCUT2D eigenvalue weighted by Gasteiger charge is -2.13. The van der Waals surface area contributed by atoms with Crippen LogP contribution in [0.4, 0.5) is 0 Å². The highest BCUT2D eigenvalue weighted by Gasteiger charge is 2.20. The van der Waals surface area contributed by atoms with Gasteiger partial charge in [-0.1, -0.05) is 30.3 Å². The average Bonchev–Trinajstić information content (AvgIpc) is 2.75. The first kappa shape index (κ1) is 25.2. The van der Waals surface area contributed by atoms with E-state index in [0.717, 1.165) is 6.21 Å².